The van der Waals surface area contributed by atoms with E-state index in [0.717, 1.165) is 5.39 Å². The van der Waals surface area contributed by atoms with Crippen molar-refractivity contribution < 1.29 is 13.2 Å². The summed E-state index contributed by atoms with van der Waals surface area (Å²) in [6.07, 6.45) is 2.17. The van der Waals surface area contributed by atoms with Gasteiger partial charge in [-0.25, -0.2) is 13.1 Å². The molecule has 0 aliphatic rings. The van der Waals surface area contributed by atoms with E-state index in [1.807, 2.05) is 12.1 Å². The number of nitrogens with one attached hydrogen (secondary N) is 2. The second-order valence-electron chi connectivity index (χ2n) is 4.44. The number of aromatic nitrogens is 1. The summed E-state index contributed by atoms with van der Waals surface area (Å²) in [4.78, 5) is 15.0. The molecule has 0 bridgehead atoms. The van der Waals surface area contributed by atoms with Gasteiger partial charge in [0.15, 0.2) is 0 Å². The Bertz CT molecular complexity index is 704. The molecule has 5 nitrogen and oxygen atoms in total. The van der Waals surface area contributed by atoms with Crippen molar-refractivity contribution in [2.24, 2.45) is 0 Å². The summed E-state index contributed by atoms with van der Waals surface area (Å²) < 4.78 is 25.9. The average Bonchev–Trinajstić information content (AvgIpc) is 2.84. The summed E-state index contributed by atoms with van der Waals surface area (Å²) in [7, 11) is -3.62. The smallest absolute Gasteiger partial charge is 0.266 e. The number of H-pyrrole nitrogens is 1. The Morgan fingerprint density at radius 1 is 1.37 bits per heavy atom. The zero-order valence-corrected chi connectivity index (χ0v) is 11.6. The van der Waals surface area contributed by atoms with Crippen LogP contribution < -0.4 is 4.72 Å². The van der Waals surface area contributed by atoms with Gasteiger partial charge in [0.1, 0.15) is 0 Å². The maximum Gasteiger partial charge on any atom is 0.266 e. The van der Waals surface area contributed by atoms with E-state index in [2.05, 4.69) is 9.71 Å². The highest BCUT2D eigenvalue weighted by molar-refractivity contribution is 7.90. The molecule has 102 valence electrons. The molecule has 2 rings (SSSR count). The summed E-state index contributed by atoms with van der Waals surface area (Å²) in [6, 6.07) is 7.00. The minimum Gasteiger partial charge on any atom is -0.361 e. The monoisotopic (exact) mass is 280 g/mol. The SMILES string of the molecule is CCC(C)S(=O)(=O)NC(=O)c1cccc2cc[nH]c12. The number of benzene rings is 1. The zero-order chi connectivity index (χ0) is 14.0. The second-order valence-corrected chi connectivity index (χ2v) is 6.54. The van der Waals surface area contributed by atoms with Crippen LogP contribution in [0.4, 0.5) is 0 Å². The molecule has 0 radical (unpaired) electrons. The summed E-state index contributed by atoms with van der Waals surface area (Å²) in [5, 5.41) is 0.271. The highest BCUT2D eigenvalue weighted by Gasteiger charge is 2.23. The van der Waals surface area contributed by atoms with Crippen molar-refractivity contribution in [3.8, 4) is 0 Å². The topological polar surface area (TPSA) is 79.0 Å². The van der Waals surface area contributed by atoms with Crippen molar-refractivity contribution in [1.82, 2.24) is 9.71 Å². The average molecular weight is 280 g/mol. The fraction of sp³-hybridized carbons (Fsp3) is 0.308. The van der Waals surface area contributed by atoms with Crippen LogP contribution in [0.5, 0.6) is 0 Å². The van der Waals surface area contributed by atoms with E-state index in [1.165, 1.54) is 0 Å². The summed E-state index contributed by atoms with van der Waals surface area (Å²) >= 11 is 0. The summed E-state index contributed by atoms with van der Waals surface area (Å²) in [6.45, 7) is 3.34. The van der Waals surface area contributed by atoms with Gasteiger partial charge in [-0.1, -0.05) is 19.1 Å². The van der Waals surface area contributed by atoms with Crippen LogP contribution in [0, 0.1) is 0 Å². The molecular weight excluding hydrogens is 264 g/mol. The molecule has 1 heterocycles. The number of fused-ring (bicyclic) bond motifs is 1. The van der Waals surface area contributed by atoms with Gasteiger partial charge in [0.2, 0.25) is 10.0 Å². The normalized spacial score (nSPS) is 13.4. The van der Waals surface area contributed by atoms with E-state index in [1.54, 1.807) is 32.2 Å². The molecular formula is C13H16N2O3S. The van der Waals surface area contributed by atoms with Crippen molar-refractivity contribution in [2.75, 3.05) is 0 Å². The Kier molecular flexibility index (Phi) is 3.61. The fourth-order valence-corrected chi connectivity index (χ4v) is 2.79. The van der Waals surface area contributed by atoms with Gasteiger partial charge in [-0.3, -0.25) is 4.79 Å². The Morgan fingerprint density at radius 3 is 2.79 bits per heavy atom. The van der Waals surface area contributed by atoms with Crippen LogP contribution in [0.3, 0.4) is 0 Å². The first kappa shape index (κ1) is 13.6. The molecule has 19 heavy (non-hydrogen) atoms. The lowest BCUT2D eigenvalue weighted by Crippen LogP contribution is -2.36. The van der Waals surface area contributed by atoms with Crippen LogP contribution in [0.2, 0.25) is 0 Å². The van der Waals surface area contributed by atoms with Gasteiger partial charge >= 0.3 is 0 Å². The molecule has 1 amide bonds. The standard InChI is InChI=1S/C13H16N2O3S/c1-3-9(2)19(17,18)15-13(16)11-6-4-5-10-7-8-14-12(10)11/h4-9,14H,3H2,1-2H3,(H,15,16). The van der Waals surface area contributed by atoms with E-state index in [9.17, 15) is 13.2 Å². The zero-order valence-electron chi connectivity index (χ0n) is 10.8. The Hall–Kier alpha value is -1.82. The minimum atomic E-state index is -3.62. The van der Waals surface area contributed by atoms with Crippen molar-refractivity contribution in [3.05, 3.63) is 36.0 Å². The highest BCUT2D eigenvalue weighted by atomic mass is 32.2. The second kappa shape index (κ2) is 5.05. The first-order valence-electron chi connectivity index (χ1n) is 6.07. The lowest BCUT2D eigenvalue weighted by molar-refractivity contribution is 0.0982. The summed E-state index contributed by atoms with van der Waals surface area (Å²) in [5.41, 5.74) is 0.966. The first-order chi connectivity index (χ1) is 8.95. The Morgan fingerprint density at radius 2 is 2.11 bits per heavy atom. The first-order valence-corrected chi connectivity index (χ1v) is 7.62. The van der Waals surface area contributed by atoms with Crippen molar-refractivity contribution in [1.29, 1.82) is 0 Å². The van der Waals surface area contributed by atoms with Gasteiger partial charge < -0.3 is 4.98 Å². The Labute approximate surface area is 112 Å². The van der Waals surface area contributed by atoms with Crippen LogP contribution in [0.15, 0.2) is 30.5 Å². The number of hydrogen-bond donors (Lipinski definition) is 2. The van der Waals surface area contributed by atoms with Gasteiger partial charge in [-0.15, -0.1) is 0 Å². The molecule has 0 aliphatic carbocycles. The summed E-state index contributed by atoms with van der Waals surface area (Å²) in [5.74, 6) is -0.603. The van der Waals surface area contributed by atoms with E-state index < -0.39 is 21.2 Å². The van der Waals surface area contributed by atoms with Crippen LogP contribution in [-0.2, 0) is 10.0 Å². The van der Waals surface area contributed by atoms with E-state index in [4.69, 9.17) is 0 Å². The van der Waals surface area contributed by atoms with Gasteiger partial charge in [-0.2, -0.15) is 0 Å². The molecule has 2 aromatic rings. The van der Waals surface area contributed by atoms with Crippen molar-refractivity contribution in [2.45, 2.75) is 25.5 Å². The van der Waals surface area contributed by atoms with Gasteiger partial charge in [0, 0.05) is 11.6 Å². The van der Waals surface area contributed by atoms with Crippen molar-refractivity contribution in [3.63, 3.8) is 0 Å². The van der Waals surface area contributed by atoms with Crippen LogP contribution in [0.1, 0.15) is 30.6 Å². The van der Waals surface area contributed by atoms with Crippen molar-refractivity contribution >= 4 is 26.8 Å². The van der Waals surface area contributed by atoms with E-state index in [-0.39, 0.29) is 0 Å². The third-order valence-corrected chi connectivity index (χ3v) is 5.03. The molecule has 0 spiro atoms. The quantitative estimate of drug-likeness (QED) is 0.899. The molecule has 1 unspecified atom stereocenters. The largest absolute Gasteiger partial charge is 0.361 e. The maximum absolute atomic E-state index is 12.1. The lowest BCUT2D eigenvalue weighted by atomic mass is 10.1. The molecule has 1 atom stereocenters. The van der Waals surface area contributed by atoms with Gasteiger partial charge in [0.05, 0.1) is 16.3 Å². The number of amides is 1. The number of hydrogen-bond acceptors (Lipinski definition) is 3. The Balaban J connectivity index is 2.33. The van der Waals surface area contributed by atoms with Gasteiger partial charge in [0.25, 0.3) is 5.91 Å². The molecule has 1 aromatic heterocycles. The number of carbonyl (C=O) groups is 1. The number of para-hydroxylation sites is 1. The number of aromatic amines is 1. The molecule has 0 saturated carbocycles. The minimum absolute atomic E-state index is 0.328. The molecule has 0 fully saturated rings. The van der Waals surface area contributed by atoms with Crippen LogP contribution >= 0.6 is 0 Å². The lowest BCUT2D eigenvalue weighted by Gasteiger charge is -2.12. The molecule has 2 N–H and O–H groups in total. The fourth-order valence-electron chi connectivity index (χ4n) is 1.78. The van der Waals surface area contributed by atoms with E-state index in [0.29, 0.717) is 17.5 Å². The third-order valence-electron chi connectivity index (χ3n) is 3.17. The molecule has 0 aliphatic heterocycles. The molecule has 0 saturated heterocycles. The highest BCUT2D eigenvalue weighted by Crippen LogP contribution is 2.17. The number of sulfonamides is 1. The van der Waals surface area contributed by atoms with E-state index >= 15 is 0 Å². The van der Waals surface area contributed by atoms with Crippen LogP contribution in [0.25, 0.3) is 10.9 Å². The number of carbonyl (C=O) groups excluding carboxylic acids is 1. The molecule has 6 heteroatoms. The van der Waals surface area contributed by atoms with Gasteiger partial charge in [-0.05, 0) is 25.5 Å². The predicted molar refractivity (Wildman–Crippen MR) is 74.4 cm³/mol. The maximum atomic E-state index is 12.1. The third kappa shape index (κ3) is 2.63. The predicted octanol–water partition coefficient (Wildman–Crippen LogP) is 2.03. The molecule has 1 aromatic carbocycles. The van der Waals surface area contributed by atoms with Crippen LogP contribution in [-0.4, -0.2) is 24.6 Å². The number of rotatable bonds is 4.